The molecule has 2 rings (SSSR count). The van der Waals surface area contributed by atoms with E-state index in [1.807, 2.05) is 7.05 Å². The van der Waals surface area contributed by atoms with Crippen molar-refractivity contribution in [3.63, 3.8) is 0 Å². The van der Waals surface area contributed by atoms with Gasteiger partial charge in [0.25, 0.3) is 0 Å². The van der Waals surface area contributed by atoms with Crippen molar-refractivity contribution in [2.75, 3.05) is 6.54 Å². The number of aryl methyl sites for hydroxylation is 1. The zero-order valence-electron chi connectivity index (χ0n) is 9.76. The summed E-state index contributed by atoms with van der Waals surface area (Å²) in [5, 5.41) is 20.9. The van der Waals surface area contributed by atoms with E-state index in [-0.39, 0.29) is 6.10 Å². The van der Waals surface area contributed by atoms with Crippen molar-refractivity contribution in [1.29, 1.82) is 0 Å². The number of aliphatic hydroxyl groups excluding tert-OH is 1. The summed E-state index contributed by atoms with van der Waals surface area (Å²) >= 11 is 0. The SMILES string of the molecule is Cn1nncc1CNCC1CCCCC1O. The van der Waals surface area contributed by atoms with Crippen LogP contribution in [0.4, 0.5) is 0 Å². The Bertz CT molecular complexity index is 326. The molecule has 0 saturated heterocycles. The van der Waals surface area contributed by atoms with Gasteiger partial charge in [0, 0.05) is 20.1 Å². The van der Waals surface area contributed by atoms with Crippen LogP contribution in [0.5, 0.6) is 0 Å². The minimum Gasteiger partial charge on any atom is -0.393 e. The van der Waals surface area contributed by atoms with Gasteiger partial charge >= 0.3 is 0 Å². The average molecular weight is 224 g/mol. The van der Waals surface area contributed by atoms with Crippen LogP contribution >= 0.6 is 0 Å². The van der Waals surface area contributed by atoms with Crippen LogP contribution in [0.1, 0.15) is 31.4 Å². The van der Waals surface area contributed by atoms with Crippen molar-refractivity contribution >= 4 is 0 Å². The van der Waals surface area contributed by atoms with Crippen LogP contribution in [0.15, 0.2) is 6.20 Å². The van der Waals surface area contributed by atoms with Crippen molar-refractivity contribution in [3.05, 3.63) is 11.9 Å². The number of aliphatic hydroxyl groups is 1. The third-order valence-corrected chi connectivity index (χ3v) is 3.39. The first-order valence-electron chi connectivity index (χ1n) is 5.99. The molecule has 90 valence electrons. The summed E-state index contributed by atoms with van der Waals surface area (Å²) in [4.78, 5) is 0. The molecule has 16 heavy (non-hydrogen) atoms. The first-order valence-corrected chi connectivity index (χ1v) is 5.99. The molecule has 1 aliphatic carbocycles. The van der Waals surface area contributed by atoms with Crippen LogP contribution in [0.2, 0.25) is 0 Å². The molecule has 5 nitrogen and oxygen atoms in total. The molecule has 0 radical (unpaired) electrons. The van der Waals surface area contributed by atoms with Gasteiger partial charge in [-0.2, -0.15) is 0 Å². The Balaban J connectivity index is 1.73. The molecule has 5 heteroatoms. The second-order valence-electron chi connectivity index (χ2n) is 4.59. The van der Waals surface area contributed by atoms with Crippen LogP contribution in [0, 0.1) is 5.92 Å². The molecule has 0 bridgehead atoms. The minimum atomic E-state index is -0.120. The van der Waals surface area contributed by atoms with Crippen molar-refractivity contribution < 1.29 is 5.11 Å². The monoisotopic (exact) mass is 224 g/mol. The molecular formula is C11H20N4O. The van der Waals surface area contributed by atoms with E-state index in [1.54, 1.807) is 10.9 Å². The molecule has 0 aromatic carbocycles. The molecule has 0 amide bonds. The lowest BCUT2D eigenvalue weighted by Crippen LogP contribution is -2.33. The summed E-state index contributed by atoms with van der Waals surface area (Å²) in [5.74, 6) is 0.412. The number of nitrogens with zero attached hydrogens (tertiary/aromatic N) is 3. The standard InChI is InChI=1S/C11H20N4O/c1-15-10(8-13-14-15)7-12-6-9-4-2-3-5-11(9)16/h8-9,11-12,16H,2-7H2,1H3. The first kappa shape index (κ1) is 11.5. The maximum absolute atomic E-state index is 9.81. The van der Waals surface area contributed by atoms with E-state index in [1.165, 1.54) is 12.8 Å². The molecule has 1 aromatic heterocycles. The van der Waals surface area contributed by atoms with Crippen LogP contribution in [-0.2, 0) is 13.6 Å². The van der Waals surface area contributed by atoms with E-state index in [4.69, 9.17) is 0 Å². The highest BCUT2D eigenvalue weighted by Crippen LogP contribution is 2.23. The first-order chi connectivity index (χ1) is 7.77. The fraction of sp³-hybridized carbons (Fsp3) is 0.818. The van der Waals surface area contributed by atoms with Gasteiger partial charge in [0.15, 0.2) is 0 Å². The lowest BCUT2D eigenvalue weighted by atomic mass is 9.86. The Morgan fingerprint density at radius 1 is 1.50 bits per heavy atom. The van der Waals surface area contributed by atoms with Gasteiger partial charge in [0.05, 0.1) is 18.0 Å². The summed E-state index contributed by atoms with van der Waals surface area (Å²) in [6.45, 7) is 1.65. The summed E-state index contributed by atoms with van der Waals surface area (Å²) in [7, 11) is 1.89. The van der Waals surface area contributed by atoms with E-state index in [2.05, 4.69) is 15.6 Å². The maximum atomic E-state index is 9.81. The highest BCUT2D eigenvalue weighted by Gasteiger charge is 2.22. The van der Waals surface area contributed by atoms with Gasteiger partial charge in [0.1, 0.15) is 0 Å². The highest BCUT2D eigenvalue weighted by molar-refractivity contribution is 4.92. The lowest BCUT2D eigenvalue weighted by molar-refractivity contribution is 0.0694. The van der Waals surface area contributed by atoms with Gasteiger partial charge < -0.3 is 10.4 Å². The van der Waals surface area contributed by atoms with E-state index >= 15 is 0 Å². The van der Waals surface area contributed by atoms with Crippen LogP contribution < -0.4 is 5.32 Å². The predicted molar refractivity (Wildman–Crippen MR) is 60.7 cm³/mol. The normalized spacial score (nSPS) is 25.9. The van der Waals surface area contributed by atoms with Crippen molar-refractivity contribution in [2.24, 2.45) is 13.0 Å². The van der Waals surface area contributed by atoms with Crippen LogP contribution in [0.25, 0.3) is 0 Å². The number of hydrogen-bond donors (Lipinski definition) is 2. The second-order valence-corrected chi connectivity index (χ2v) is 4.59. The third-order valence-electron chi connectivity index (χ3n) is 3.39. The molecule has 0 spiro atoms. The molecule has 1 saturated carbocycles. The molecule has 1 fully saturated rings. The largest absolute Gasteiger partial charge is 0.393 e. The number of rotatable bonds is 4. The Labute approximate surface area is 95.8 Å². The molecule has 2 atom stereocenters. The van der Waals surface area contributed by atoms with Crippen LogP contribution in [0.3, 0.4) is 0 Å². The lowest BCUT2D eigenvalue weighted by Gasteiger charge is -2.27. The molecule has 1 aromatic rings. The average Bonchev–Trinajstić information content (AvgIpc) is 2.67. The van der Waals surface area contributed by atoms with Crippen molar-refractivity contribution in [3.8, 4) is 0 Å². The molecule has 2 N–H and O–H groups in total. The second kappa shape index (κ2) is 5.41. The Hall–Kier alpha value is -0.940. The summed E-state index contributed by atoms with van der Waals surface area (Å²) in [6, 6.07) is 0. The number of aromatic nitrogens is 3. The maximum Gasteiger partial charge on any atom is 0.0738 e. The van der Waals surface area contributed by atoms with E-state index in [0.717, 1.165) is 31.6 Å². The summed E-state index contributed by atoms with van der Waals surface area (Å²) < 4.78 is 1.77. The fourth-order valence-electron chi connectivity index (χ4n) is 2.28. The predicted octanol–water partition coefficient (Wildman–Crippen LogP) is 0.456. The Kier molecular flexibility index (Phi) is 3.90. The van der Waals surface area contributed by atoms with E-state index in [9.17, 15) is 5.11 Å². The molecule has 0 aliphatic heterocycles. The smallest absolute Gasteiger partial charge is 0.0738 e. The van der Waals surface area contributed by atoms with Gasteiger partial charge in [-0.1, -0.05) is 18.1 Å². The van der Waals surface area contributed by atoms with Gasteiger partial charge in [-0.25, -0.2) is 0 Å². The number of hydrogen-bond acceptors (Lipinski definition) is 4. The summed E-state index contributed by atoms with van der Waals surface area (Å²) in [5.41, 5.74) is 1.07. The van der Waals surface area contributed by atoms with Crippen LogP contribution in [-0.4, -0.2) is 32.7 Å². The topological polar surface area (TPSA) is 63.0 Å². The van der Waals surface area contributed by atoms with Gasteiger partial charge in [-0.3, -0.25) is 4.68 Å². The molecule has 2 unspecified atom stereocenters. The van der Waals surface area contributed by atoms with Crippen molar-refractivity contribution in [1.82, 2.24) is 20.3 Å². The summed E-state index contributed by atoms with van der Waals surface area (Å²) in [6.07, 6.45) is 6.16. The third kappa shape index (κ3) is 2.80. The quantitative estimate of drug-likeness (QED) is 0.779. The zero-order valence-corrected chi connectivity index (χ0v) is 9.76. The number of nitrogens with one attached hydrogen (secondary N) is 1. The Morgan fingerprint density at radius 2 is 2.31 bits per heavy atom. The van der Waals surface area contributed by atoms with Gasteiger partial charge in [0.2, 0.25) is 0 Å². The van der Waals surface area contributed by atoms with Crippen molar-refractivity contribution in [2.45, 2.75) is 38.3 Å². The van der Waals surface area contributed by atoms with E-state index < -0.39 is 0 Å². The molecular weight excluding hydrogens is 204 g/mol. The molecule has 1 aliphatic rings. The van der Waals surface area contributed by atoms with E-state index in [0.29, 0.717) is 5.92 Å². The Morgan fingerprint density at radius 3 is 3.00 bits per heavy atom. The molecule has 1 heterocycles. The zero-order chi connectivity index (χ0) is 11.4. The van der Waals surface area contributed by atoms with Gasteiger partial charge in [-0.05, 0) is 18.8 Å². The minimum absolute atomic E-state index is 0.120. The van der Waals surface area contributed by atoms with Gasteiger partial charge in [-0.15, -0.1) is 5.10 Å². The highest BCUT2D eigenvalue weighted by atomic mass is 16.3. The fourth-order valence-corrected chi connectivity index (χ4v) is 2.28.